The predicted octanol–water partition coefficient (Wildman–Crippen LogP) is 3.07. The minimum atomic E-state index is -0.744. The van der Waals surface area contributed by atoms with E-state index < -0.39 is 11.8 Å². The van der Waals surface area contributed by atoms with E-state index in [1.165, 1.54) is 0 Å². The molecule has 0 bridgehead atoms. The molecule has 0 saturated heterocycles. The molecule has 0 fully saturated rings. The number of benzene rings is 1. The van der Waals surface area contributed by atoms with Gasteiger partial charge in [-0.05, 0) is 24.5 Å². The second-order valence-corrected chi connectivity index (χ2v) is 4.62. The highest BCUT2D eigenvalue weighted by atomic mass is 79.9. The van der Waals surface area contributed by atoms with Crippen LogP contribution in [-0.4, -0.2) is 18.4 Å². The van der Waals surface area contributed by atoms with E-state index in [-0.39, 0.29) is 18.9 Å². The van der Waals surface area contributed by atoms with Crippen LogP contribution in [0.2, 0.25) is 0 Å². The standard InChI is InChI=1S/C13H15BrO3/c1-3-17-13(16)12(15)8-9(2)10-6-4-5-7-11(10)14/h4-7,9H,3,8H2,1-2H3/t9-/m1/s1. The molecule has 0 amide bonds. The molecule has 3 nitrogen and oxygen atoms in total. The first-order chi connectivity index (χ1) is 8.06. The van der Waals surface area contributed by atoms with Gasteiger partial charge in [0, 0.05) is 10.9 Å². The van der Waals surface area contributed by atoms with Gasteiger partial charge in [0.1, 0.15) is 0 Å². The van der Waals surface area contributed by atoms with Gasteiger partial charge in [0.25, 0.3) is 0 Å². The van der Waals surface area contributed by atoms with Gasteiger partial charge in [0.15, 0.2) is 0 Å². The van der Waals surface area contributed by atoms with Crippen molar-refractivity contribution < 1.29 is 14.3 Å². The number of hydrogen-bond donors (Lipinski definition) is 0. The lowest BCUT2D eigenvalue weighted by Gasteiger charge is -2.12. The molecule has 0 heterocycles. The number of esters is 1. The fourth-order valence-corrected chi connectivity index (χ4v) is 2.23. The normalized spacial score (nSPS) is 11.9. The zero-order valence-electron chi connectivity index (χ0n) is 9.90. The smallest absolute Gasteiger partial charge is 0.374 e. The largest absolute Gasteiger partial charge is 0.460 e. The van der Waals surface area contributed by atoms with Gasteiger partial charge in [-0.15, -0.1) is 0 Å². The third-order valence-electron chi connectivity index (χ3n) is 2.43. The van der Waals surface area contributed by atoms with Crippen LogP contribution >= 0.6 is 15.9 Å². The first-order valence-electron chi connectivity index (χ1n) is 5.50. The van der Waals surface area contributed by atoms with Crippen LogP contribution in [0.25, 0.3) is 0 Å². The van der Waals surface area contributed by atoms with Crippen LogP contribution < -0.4 is 0 Å². The molecule has 0 saturated carbocycles. The van der Waals surface area contributed by atoms with Gasteiger partial charge in [-0.2, -0.15) is 0 Å². The van der Waals surface area contributed by atoms with Crippen LogP contribution in [0.5, 0.6) is 0 Å². The van der Waals surface area contributed by atoms with Gasteiger partial charge < -0.3 is 4.74 Å². The summed E-state index contributed by atoms with van der Waals surface area (Å²) in [5.41, 5.74) is 1.02. The fourth-order valence-electron chi connectivity index (χ4n) is 1.56. The molecule has 0 N–H and O–H groups in total. The minimum Gasteiger partial charge on any atom is -0.460 e. The van der Waals surface area contributed by atoms with E-state index in [0.29, 0.717) is 0 Å². The lowest BCUT2D eigenvalue weighted by atomic mass is 9.96. The molecule has 0 spiro atoms. The van der Waals surface area contributed by atoms with Crippen molar-refractivity contribution in [2.75, 3.05) is 6.61 Å². The Morgan fingerprint density at radius 1 is 1.35 bits per heavy atom. The number of ether oxygens (including phenoxy) is 1. The van der Waals surface area contributed by atoms with Crippen LogP contribution in [0.15, 0.2) is 28.7 Å². The number of rotatable bonds is 5. The fraction of sp³-hybridized carbons (Fsp3) is 0.385. The van der Waals surface area contributed by atoms with Crippen LogP contribution in [0.1, 0.15) is 31.7 Å². The summed E-state index contributed by atoms with van der Waals surface area (Å²) in [6, 6.07) is 7.67. The summed E-state index contributed by atoms with van der Waals surface area (Å²) >= 11 is 3.43. The number of carbonyl (C=O) groups excluding carboxylic acids is 2. The average molecular weight is 299 g/mol. The zero-order chi connectivity index (χ0) is 12.8. The van der Waals surface area contributed by atoms with Crippen molar-refractivity contribution in [1.82, 2.24) is 0 Å². The lowest BCUT2D eigenvalue weighted by molar-refractivity contribution is -0.153. The maximum absolute atomic E-state index is 11.5. The van der Waals surface area contributed by atoms with Gasteiger partial charge in [0.2, 0.25) is 5.78 Å². The van der Waals surface area contributed by atoms with Crippen molar-refractivity contribution in [1.29, 1.82) is 0 Å². The van der Waals surface area contributed by atoms with Gasteiger partial charge >= 0.3 is 5.97 Å². The Labute approximate surface area is 109 Å². The minimum absolute atomic E-state index is 0.0116. The van der Waals surface area contributed by atoms with E-state index in [4.69, 9.17) is 0 Å². The van der Waals surface area contributed by atoms with Crippen molar-refractivity contribution in [3.05, 3.63) is 34.3 Å². The van der Waals surface area contributed by atoms with E-state index in [1.54, 1.807) is 6.92 Å². The molecular formula is C13H15BrO3. The summed E-state index contributed by atoms with van der Waals surface area (Å²) in [6.45, 7) is 3.83. The Morgan fingerprint density at radius 3 is 2.59 bits per heavy atom. The summed E-state index contributed by atoms with van der Waals surface area (Å²) in [5, 5.41) is 0. The summed E-state index contributed by atoms with van der Waals surface area (Å²) in [6.07, 6.45) is 0.168. The summed E-state index contributed by atoms with van der Waals surface area (Å²) in [7, 11) is 0. The van der Waals surface area contributed by atoms with E-state index in [9.17, 15) is 9.59 Å². The molecular weight excluding hydrogens is 284 g/mol. The van der Waals surface area contributed by atoms with Gasteiger partial charge in [-0.25, -0.2) is 4.79 Å². The first kappa shape index (κ1) is 13.9. The Hall–Kier alpha value is -1.16. The summed E-state index contributed by atoms with van der Waals surface area (Å²) < 4.78 is 5.62. The Balaban J connectivity index is 2.67. The van der Waals surface area contributed by atoms with Crippen molar-refractivity contribution in [3.8, 4) is 0 Å². The molecule has 1 atom stereocenters. The molecule has 17 heavy (non-hydrogen) atoms. The van der Waals surface area contributed by atoms with Crippen molar-refractivity contribution in [2.24, 2.45) is 0 Å². The van der Waals surface area contributed by atoms with E-state index in [0.717, 1.165) is 10.0 Å². The SMILES string of the molecule is CCOC(=O)C(=O)C[C@@H](C)c1ccccc1Br. The number of carbonyl (C=O) groups is 2. The molecule has 1 aromatic rings. The molecule has 0 unspecified atom stereocenters. The van der Waals surface area contributed by atoms with Gasteiger partial charge in [-0.1, -0.05) is 41.1 Å². The topological polar surface area (TPSA) is 43.4 Å². The molecule has 0 radical (unpaired) electrons. The predicted molar refractivity (Wildman–Crippen MR) is 68.8 cm³/mol. The monoisotopic (exact) mass is 298 g/mol. The van der Waals surface area contributed by atoms with E-state index in [2.05, 4.69) is 20.7 Å². The summed E-state index contributed by atoms with van der Waals surface area (Å²) in [5.74, 6) is -1.23. The van der Waals surface area contributed by atoms with Crippen LogP contribution in [0.3, 0.4) is 0 Å². The Bertz CT molecular complexity index is 415. The first-order valence-corrected chi connectivity index (χ1v) is 6.30. The maximum Gasteiger partial charge on any atom is 0.374 e. The molecule has 1 rings (SSSR count). The van der Waals surface area contributed by atoms with Crippen LogP contribution in [0, 0.1) is 0 Å². The van der Waals surface area contributed by atoms with Crippen molar-refractivity contribution in [2.45, 2.75) is 26.2 Å². The quantitative estimate of drug-likeness (QED) is 0.620. The molecule has 92 valence electrons. The van der Waals surface area contributed by atoms with Gasteiger partial charge in [0.05, 0.1) is 6.61 Å². The van der Waals surface area contributed by atoms with Crippen molar-refractivity contribution in [3.63, 3.8) is 0 Å². The van der Waals surface area contributed by atoms with Gasteiger partial charge in [-0.3, -0.25) is 4.79 Å². The average Bonchev–Trinajstić information content (AvgIpc) is 2.29. The summed E-state index contributed by atoms with van der Waals surface area (Å²) in [4.78, 5) is 22.7. The highest BCUT2D eigenvalue weighted by molar-refractivity contribution is 9.10. The maximum atomic E-state index is 11.5. The molecule has 4 heteroatoms. The third-order valence-corrected chi connectivity index (χ3v) is 3.15. The van der Waals surface area contributed by atoms with Crippen LogP contribution in [0.4, 0.5) is 0 Å². The number of Topliss-reactive ketones (excluding diaryl/α,β-unsaturated/α-hetero) is 1. The van der Waals surface area contributed by atoms with E-state index >= 15 is 0 Å². The molecule has 0 aliphatic heterocycles. The highest BCUT2D eigenvalue weighted by Crippen LogP contribution is 2.27. The Kier molecular flexibility index (Phi) is 5.35. The second kappa shape index (κ2) is 6.55. The lowest BCUT2D eigenvalue weighted by Crippen LogP contribution is -2.19. The Morgan fingerprint density at radius 2 is 2.00 bits per heavy atom. The molecule has 1 aromatic carbocycles. The number of ketones is 1. The highest BCUT2D eigenvalue weighted by Gasteiger charge is 2.20. The van der Waals surface area contributed by atoms with E-state index in [1.807, 2.05) is 31.2 Å². The molecule has 0 aliphatic carbocycles. The molecule has 0 aromatic heterocycles. The third kappa shape index (κ3) is 3.97. The zero-order valence-corrected chi connectivity index (χ0v) is 11.5. The number of halogens is 1. The van der Waals surface area contributed by atoms with Crippen LogP contribution in [-0.2, 0) is 14.3 Å². The number of hydrogen-bond acceptors (Lipinski definition) is 3. The molecule has 0 aliphatic rings. The second-order valence-electron chi connectivity index (χ2n) is 3.77. The van der Waals surface area contributed by atoms with Crippen molar-refractivity contribution >= 4 is 27.7 Å².